The van der Waals surface area contributed by atoms with Crippen LogP contribution in [-0.4, -0.2) is 17.4 Å². The van der Waals surface area contributed by atoms with Crippen molar-refractivity contribution in [3.8, 4) is 0 Å². The van der Waals surface area contributed by atoms with Crippen molar-refractivity contribution in [1.29, 1.82) is 0 Å². The Morgan fingerprint density at radius 1 is 1.33 bits per heavy atom. The molecule has 2 heterocycles. The number of fused-ring (bicyclic) bond motifs is 1. The zero-order valence-corrected chi connectivity index (χ0v) is 8.23. The Morgan fingerprint density at radius 2 is 2.13 bits per heavy atom. The predicted octanol–water partition coefficient (Wildman–Crippen LogP) is 0.659. The van der Waals surface area contributed by atoms with Gasteiger partial charge in [-0.15, -0.1) is 0 Å². The first kappa shape index (κ1) is 9.45. The molecule has 0 bridgehead atoms. The Balaban J connectivity index is 2.62. The molecule has 0 saturated carbocycles. The van der Waals surface area contributed by atoms with Gasteiger partial charge in [-0.3, -0.25) is 9.59 Å². The normalized spacial score (nSPS) is 10.2. The summed E-state index contributed by atoms with van der Waals surface area (Å²) < 4.78 is 1.74. The molecule has 0 spiro atoms. The highest BCUT2D eigenvalue weighted by atomic mass is 16.1. The number of pyridine rings is 2. The van der Waals surface area contributed by atoms with Crippen molar-refractivity contribution < 1.29 is 4.79 Å². The van der Waals surface area contributed by atoms with E-state index in [-0.39, 0.29) is 11.3 Å². The molecule has 0 aliphatic rings. The lowest BCUT2D eigenvalue weighted by atomic mass is 10.2. The Kier molecular flexibility index (Phi) is 2.25. The maximum atomic E-state index is 11.3. The Morgan fingerprint density at radius 3 is 2.87 bits per heavy atom. The summed E-state index contributed by atoms with van der Waals surface area (Å²) in [5.41, 5.74) is 1.30. The van der Waals surface area contributed by atoms with Crippen molar-refractivity contribution >= 4 is 11.4 Å². The highest BCUT2D eigenvalue weighted by molar-refractivity contribution is 5.94. The van der Waals surface area contributed by atoms with Crippen LogP contribution in [0.15, 0.2) is 41.5 Å². The van der Waals surface area contributed by atoms with Crippen LogP contribution in [0.2, 0.25) is 0 Å². The molecule has 0 aliphatic carbocycles. The van der Waals surface area contributed by atoms with Crippen LogP contribution < -0.4 is 10.7 Å². The average molecular weight is 202 g/mol. The quantitative estimate of drug-likeness (QED) is 0.738. The molecule has 2 aromatic rings. The fourth-order valence-electron chi connectivity index (χ4n) is 1.41. The minimum absolute atomic E-state index is 0.0392. The van der Waals surface area contributed by atoms with E-state index in [1.807, 2.05) is 0 Å². The van der Waals surface area contributed by atoms with E-state index in [0.29, 0.717) is 5.56 Å². The van der Waals surface area contributed by atoms with Gasteiger partial charge in [-0.2, -0.15) is 0 Å². The van der Waals surface area contributed by atoms with Crippen LogP contribution in [-0.2, 0) is 0 Å². The maximum absolute atomic E-state index is 11.3. The van der Waals surface area contributed by atoms with E-state index in [2.05, 4.69) is 5.32 Å². The highest BCUT2D eigenvalue weighted by Crippen LogP contribution is 2.04. The smallest absolute Gasteiger partial charge is 0.252 e. The van der Waals surface area contributed by atoms with Crippen molar-refractivity contribution in [3.63, 3.8) is 0 Å². The van der Waals surface area contributed by atoms with Gasteiger partial charge in [-0.1, -0.05) is 0 Å². The van der Waals surface area contributed by atoms with Crippen LogP contribution in [0.3, 0.4) is 0 Å². The summed E-state index contributed by atoms with van der Waals surface area (Å²) >= 11 is 0. The van der Waals surface area contributed by atoms with Gasteiger partial charge in [0, 0.05) is 37.1 Å². The largest absolute Gasteiger partial charge is 0.355 e. The van der Waals surface area contributed by atoms with Crippen LogP contribution >= 0.6 is 0 Å². The van der Waals surface area contributed by atoms with Crippen LogP contribution in [0.25, 0.3) is 5.52 Å². The Labute approximate surface area is 86.2 Å². The molecule has 2 aromatic heterocycles. The first-order chi connectivity index (χ1) is 7.20. The van der Waals surface area contributed by atoms with Crippen LogP contribution in [0.5, 0.6) is 0 Å². The third-order valence-electron chi connectivity index (χ3n) is 2.19. The molecule has 0 aliphatic heterocycles. The third kappa shape index (κ3) is 1.74. The van der Waals surface area contributed by atoms with E-state index in [0.717, 1.165) is 5.52 Å². The van der Waals surface area contributed by atoms with Crippen LogP contribution in [0.4, 0.5) is 0 Å². The summed E-state index contributed by atoms with van der Waals surface area (Å²) in [6.45, 7) is 0. The zero-order chi connectivity index (χ0) is 10.8. The summed E-state index contributed by atoms with van der Waals surface area (Å²) in [7, 11) is 1.58. The summed E-state index contributed by atoms with van der Waals surface area (Å²) in [6, 6.07) is 6.41. The van der Waals surface area contributed by atoms with E-state index in [1.54, 1.807) is 36.0 Å². The number of nitrogens with zero attached hydrogens (tertiary/aromatic N) is 1. The molecule has 4 heteroatoms. The van der Waals surface area contributed by atoms with Crippen molar-refractivity contribution in [2.75, 3.05) is 7.05 Å². The second kappa shape index (κ2) is 3.57. The van der Waals surface area contributed by atoms with Gasteiger partial charge in [0.05, 0.1) is 5.56 Å². The van der Waals surface area contributed by atoms with E-state index in [1.165, 1.54) is 12.1 Å². The number of rotatable bonds is 1. The average Bonchev–Trinajstić information content (AvgIpc) is 2.27. The molecule has 15 heavy (non-hydrogen) atoms. The molecule has 2 rings (SSSR count). The molecule has 0 fully saturated rings. The van der Waals surface area contributed by atoms with Crippen LogP contribution in [0, 0.1) is 0 Å². The monoisotopic (exact) mass is 202 g/mol. The summed E-state index contributed by atoms with van der Waals surface area (Å²) in [5, 5.41) is 2.54. The molecule has 0 atom stereocenters. The van der Waals surface area contributed by atoms with Crippen molar-refractivity contribution in [3.05, 3.63) is 52.4 Å². The van der Waals surface area contributed by atoms with Gasteiger partial charge < -0.3 is 9.72 Å². The van der Waals surface area contributed by atoms with Gasteiger partial charge in [0.1, 0.15) is 0 Å². The maximum Gasteiger partial charge on any atom is 0.252 e. The lowest BCUT2D eigenvalue weighted by Gasteiger charge is -2.03. The fraction of sp³-hybridized carbons (Fsp3) is 0.0909. The van der Waals surface area contributed by atoms with Gasteiger partial charge in [0.25, 0.3) is 5.91 Å². The van der Waals surface area contributed by atoms with E-state index in [9.17, 15) is 9.59 Å². The summed E-state index contributed by atoms with van der Waals surface area (Å²) in [6.07, 6.45) is 3.33. The zero-order valence-electron chi connectivity index (χ0n) is 8.23. The third-order valence-corrected chi connectivity index (χ3v) is 2.19. The summed E-state index contributed by atoms with van der Waals surface area (Å²) in [4.78, 5) is 22.4. The van der Waals surface area contributed by atoms with Gasteiger partial charge >= 0.3 is 0 Å². The summed E-state index contributed by atoms with van der Waals surface area (Å²) in [5.74, 6) is -0.143. The van der Waals surface area contributed by atoms with Crippen molar-refractivity contribution in [1.82, 2.24) is 9.72 Å². The minimum Gasteiger partial charge on any atom is -0.355 e. The first-order valence-corrected chi connectivity index (χ1v) is 4.55. The predicted molar refractivity (Wildman–Crippen MR) is 57.1 cm³/mol. The number of aromatic nitrogens is 1. The Bertz CT molecular complexity index is 572. The van der Waals surface area contributed by atoms with Gasteiger partial charge in [0.2, 0.25) is 0 Å². The molecule has 1 amide bonds. The fourth-order valence-corrected chi connectivity index (χ4v) is 1.41. The molecular weight excluding hydrogens is 192 g/mol. The van der Waals surface area contributed by atoms with Crippen molar-refractivity contribution in [2.24, 2.45) is 0 Å². The van der Waals surface area contributed by atoms with Gasteiger partial charge in [-0.25, -0.2) is 0 Å². The molecular formula is C11H10N2O2. The van der Waals surface area contributed by atoms with Gasteiger partial charge in [0.15, 0.2) is 5.43 Å². The molecule has 0 aromatic carbocycles. The molecule has 1 N–H and O–H groups in total. The molecule has 0 radical (unpaired) electrons. The van der Waals surface area contributed by atoms with E-state index < -0.39 is 0 Å². The second-order valence-corrected chi connectivity index (χ2v) is 3.19. The number of amides is 1. The lowest BCUT2D eigenvalue weighted by Crippen LogP contribution is -2.18. The highest BCUT2D eigenvalue weighted by Gasteiger charge is 2.02. The number of carbonyl (C=O) groups excluding carboxylic acids is 1. The molecule has 76 valence electrons. The molecule has 4 nitrogen and oxygen atoms in total. The first-order valence-electron chi connectivity index (χ1n) is 4.55. The topological polar surface area (TPSA) is 50.6 Å². The number of carbonyl (C=O) groups is 1. The number of nitrogens with one attached hydrogen (secondary N) is 1. The SMILES string of the molecule is CNC(=O)c1ccc2cc(=O)ccn2c1. The standard InChI is InChI=1S/C11H10N2O2/c1-12-11(15)8-2-3-9-6-10(14)4-5-13(9)7-8/h2-7H,1H3,(H,12,15). The second-order valence-electron chi connectivity index (χ2n) is 3.19. The molecule has 0 saturated heterocycles. The minimum atomic E-state index is -0.143. The Hall–Kier alpha value is -2.10. The van der Waals surface area contributed by atoms with Crippen molar-refractivity contribution in [2.45, 2.75) is 0 Å². The lowest BCUT2D eigenvalue weighted by molar-refractivity contribution is 0.0962. The molecule has 0 unspecified atom stereocenters. The number of hydrogen-bond donors (Lipinski definition) is 1. The van der Waals surface area contributed by atoms with E-state index >= 15 is 0 Å². The number of hydrogen-bond acceptors (Lipinski definition) is 2. The van der Waals surface area contributed by atoms with Gasteiger partial charge in [-0.05, 0) is 12.1 Å². The van der Waals surface area contributed by atoms with E-state index in [4.69, 9.17) is 0 Å². The van der Waals surface area contributed by atoms with Crippen LogP contribution in [0.1, 0.15) is 10.4 Å².